The lowest BCUT2D eigenvalue weighted by atomic mass is 10.1. The van der Waals surface area contributed by atoms with Crippen LogP contribution in [-0.4, -0.2) is 35.5 Å². The Labute approximate surface area is 149 Å². The van der Waals surface area contributed by atoms with Crippen LogP contribution in [0, 0.1) is 0 Å². The molecule has 0 spiro atoms. The summed E-state index contributed by atoms with van der Waals surface area (Å²) >= 11 is 0. The van der Waals surface area contributed by atoms with Gasteiger partial charge in [0.05, 0.1) is 12.8 Å². The highest BCUT2D eigenvalue weighted by Gasteiger charge is 2.21. The third-order valence-corrected chi connectivity index (χ3v) is 3.41. The van der Waals surface area contributed by atoms with Crippen LogP contribution in [0.5, 0.6) is 0 Å². The molecule has 8 nitrogen and oxygen atoms in total. The molecule has 2 rings (SSSR count). The molecule has 1 atom stereocenters. The summed E-state index contributed by atoms with van der Waals surface area (Å²) in [5.74, 6) is -1.29. The minimum atomic E-state index is -0.891. The second-order valence-corrected chi connectivity index (χ2v) is 5.35. The molecule has 0 saturated heterocycles. The van der Waals surface area contributed by atoms with Crippen molar-refractivity contribution in [3.63, 3.8) is 0 Å². The van der Waals surface area contributed by atoms with E-state index in [-0.39, 0.29) is 6.42 Å². The molecule has 1 aromatic carbocycles. The van der Waals surface area contributed by atoms with Gasteiger partial charge in [0.1, 0.15) is 11.8 Å². The molecule has 0 fully saturated rings. The Hall–Kier alpha value is -3.39. The predicted octanol–water partition coefficient (Wildman–Crippen LogP) is 0.642. The topological polar surface area (TPSA) is 121 Å². The Morgan fingerprint density at radius 1 is 1.12 bits per heavy atom. The fraction of sp³-hybridized carbons (Fsp3) is 0.167. The lowest BCUT2D eigenvalue weighted by molar-refractivity contribution is -0.132. The van der Waals surface area contributed by atoms with Gasteiger partial charge in [-0.2, -0.15) is 0 Å². The van der Waals surface area contributed by atoms with Crippen molar-refractivity contribution in [1.82, 2.24) is 16.1 Å². The van der Waals surface area contributed by atoms with Gasteiger partial charge in [-0.15, -0.1) is 0 Å². The molecular weight excluding hydrogens is 338 g/mol. The third-order valence-electron chi connectivity index (χ3n) is 3.41. The van der Waals surface area contributed by atoms with E-state index in [2.05, 4.69) is 10.6 Å². The van der Waals surface area contributed by atoms with Crippen molar-refractivity contribution in [3.8, 4) is 0 Å². The van der Waals surface area contributed by atoms with E-state index < -0.39 is 30.3 Å². The van der Waals surface area contributed by atoms with Crippen molar-refractivity contribution in [2.45, 2.75) is 12.5 Å². The van der Waals surface area contributed by atoms with Crippen molar-refractivity contribution in [3.05, 3.63) is 66.1 Å². The molecule has 2 aromatic rings. The molecule has 8 heteroatoms. The van der Waals surface area contributed by atoms with Crippen LogP contribution < -0.4 is 16.1 Å². The maximum absolute atomic E-state index is 12.3. The van der Waals surface area contributed by atoms with Gasteiger partial charge in [0.2, 0.25) is 11.8 Å². The second-order valence-electron chi connectivity index (χ2n) is 5.35. The molecule has 0 aliphatic carbocycles. The Bertz CT molecular complexity index is 756. The van der Waals surface area contributed by atoms with E-state index in [9.17, 15) is 14.4 Å². The number of hydrogen-bond acceptors (Lipinski definition) is 5. The standard InChI is InChI=1S/C18H19N3O5/c22-16(9-8-14-7-4-10-26-14)20-15(11-13-5-2-1-3-6-13)18(24)19-12-17(23)21-25/h1-10,15,25H,11-12H2,(H,19,24)(H,20,22)(H,21,23)/b9-8+. The summed E-state index contributed by atoms with van der Waals surface area (Å²) in [4.78, 5) is 35.5. The summed E-state index contributed by atoms with van der Waals surface area (Å²) in [6.45, 7) is -0.404. The number of carbonyl (C=O) groups excluding carboxylic acids is 3. The first-order chi connectivity index (χ1) is 12.6. The van der Waals surface area contributed by atoms with Gasteiger partial charge in [-0.1, -0.05) is 30.3 Å². The quantitative estimate of drug-likeness (QED) is 0.314. The zero-order valence-corrected chi connectivity index (χ0v) is 13.8. The summed E-state index contributed by atoms with van der Waals surface area (Å²) < 4.78 is 5.10. The van der Waals surface area contributed by atoms with Gasteiger partial charge in [0.25, 0.3) is 5.91 Å². The molecule has 0 aliphatic rings. The van der Waals surface area contributed by atoms with Gasteiger partial charge in [-0.05, 0) is 23.8 Å². The molecule has 1 aromatic heterocycles. The van der Waals surface area contributed by atoms with Crippen LogP contribution in [0.3, 0.4) is 0 Å². The Balaban J connectivity index is 2.02. The van der Waals surface area contributed by atoms with Gasteiger partial charge in [0.15, 0.2) is 0 Å². The average molecular weight is 357 g/mol. The van der Waals surface area contributed by atoms with Gasteiger partial charge >= 0.3 is 0 Å². The molecule has 0 aliphatic heterocycles. The Morgan fingerprint density at radius 2 is 1.88 bits per heavy atom. The summed E-state index contributed by atoms with van der Waals surface area (Å²) in [5, 5.41) is 13.4. The average Bonchev–Trinajstić information content (AvgIpc) is 3.18. The van der Waals surface area contributed by atoms with Crippen molar-refractivity contribution >= 4 is 23.8 Å². The maximum Gasteiger partial charge on any atom is 0.262 e. The minimum Gasteiger partial charge on any atom is -0.465 e. The van der Waals surface area contributed by atoms with Crippen molar-refractivity contribution in [1.29, 1.82) is 0 Å². The highest BCUT2D eigenvalue weighted by molar-refractivity contribution is 5.96. The zero-order chi connectivity index (χ0) is 18.8. The normalized spacial score (nSPS) is 11.7. The molecule has 0 bridgehead atoms. The summed E-state index contributed by atoms with van der Waals surface area (Å²) in [7, 11) is 0. The van der Waals surface area contributed by atoms with Gasteiger partial charge in [-0.25, -0.2) is 5.48 Å². The number of carbonyl (C=O) groups is 3. The van der Waals surface area contributed by atoms with Crippen LogP contribution >= 0.6 is 0 Å². The van der Waals surface area contributed by atoms with Crippen LogP contribution in [0.1, 0.15) is 11.3 Å². The van der Waals surface area contributed by atoms with Crippen LogP contribution in [0.25, 0.3) is 6.08 Å². The largest absolute Gasteiger partial charge is 0.465 e. The number of hydrogen-bond donors (Lipinski definition) is 4. The van der Waals surface area contributed by atoms with E-state index in [4.69, 9.17) is 9.62 Å². The van der Waals surface area contributed by atoms with E-state index >= 15 is 0 Å². The minimum absolute atomic E-state index is 0.244. The number of rotatable bonds is 8. The number of amides is 3. The molecule has 26 heavy (non-hydrogen) atoms. The smallest absolute Gasteiger partial charge is 0.262 e. The van der Waals surface area contributed by atoms with E-state index in [1.807, 2.05) is 30.3 Å². The number of nitrogens with one attached hydrogen (secondary N) is 3. The molecule has 0 radical (unpaired) electrons. The molecule has 1 unspecified atom stereocenters. The molecule has 4 N–H and O–H groups in total. The fourth-order valence-electron chi connectivity index (χ4n) is 2.15. The highest BCUT2D eigenvalue weighted by Crippen LogP contribution is 2.05. The lowest BCUT2D eigenvalue weighted by Crippen LogP contribution is -2.49. The third kappa shape index (κ3) is 6.25. The lowest BCUT2D eigenvalue weighted by Gasteiger charge is -2.17. The highest BCUT2D eigenvalue weighted by atomic mass is 16.5. The number of furan rings is 1. The molecule has 136 valence electrons. The van der Waals surface area contributed by atoms with E-state index in [0.717, 1.165) is 5.56 Å². The van der Waals surface area contributed by atoms with Gasteiger partial charge < -0.3 is 15.1 Å². The molecule has 0 saturated carbocycles. The summed E-state index contributed by atoms with van der Waals surface area (Å²) in [6.07, 6.45) is 4.46. The Kier molecular flexibility index (Phi) is 7.14. The van der Waals surface area contributed by atoms with Gasteiger partial charge in [-0.3, -0.25) is 19.6 Å². The first kappa shape index (κ1) is 18.9. The monoisotopic (exact) mass is 357 g/mol. The van der Waals surface area contributed by atoms with Crippen molar-refractivity contribution < 1.29 is 24.0 Å². The fourth-order valence-corrected chi connectivity index (χ4v) is 2.15. The SMILES string of the molecule is O=C(/C=C/c1ccco1)NC(Cc1ccccc1)C(=O)NCC(=O)NO. The van der Waals surface area contributed by atoms with Crippen LogP contribution in [0.15, 0.2) is 59.2 Å². The van der Waals surface area contributed by atoms with Gasteiger partial charge in [0, 0.05) is 12.5 Å². The molecule has 3 amide bonds. The first-order valence-corrected chi connectivity index (χ1v) is 7.85. The van der Waals surface area contributed by atoms with Crippen molar-refractivity contribution in [2.75, 3.05) is 6.54 Å². The zero-order valence-electron chi connectivity index (χ0n) is 13.8. The maximum atomic E-state index is 12.3. The van der Waals surface area contributed by atoms with Crippen LogP contribution in [-0.2, 0) is 20.8 Å². The van der Waals surface area contributed by atoms with E-state index in [1.54, 1.807) is 12.1 Å². The molecular formula is C18H19N3O5. The Morgan fingerprint density at radius 3 is 2.54 bits per heavy atom. The molecule has 1 heterocycles. The van der Waals surface area contributed by atoms with Crippen LogP contribution in [0.2, 0.25) is 0 Å². The second kappa shape index (κ2) is 9.80. The summed E-state index contributed by atoms with van der Waals surface area (Å²) in [6, 6.07) is 11.6. The van der Waals surface area contributed by atoms with E-state index in [0.29, 0.717) is 5.76 Å². The number of benzene rings is 1. The van der Waals surface area contributed by atoms with Crippen LogP contribution in [0.4, 0.5) is 0 Å². The first-order valence-electron chi connectivity index (χ1n) is 7.85. The van der Waals surface area contributed by atoms with Crippen molar-refractivity contribution in [2.24, 2.45) is 0 Å². The summed E-state index contributed by atoms with van der Waals surface area (Å²) in [5.41, 5.74) is 2.27. The number of hydroxylamine groups is 1. The van der Waals surface area contributed by atoms with E-state index in [1.165, 1.54) is 23.9 Å². The predicted molar refractivity (Wildman–Crippen MR) is 92.8 cm³/mol.